The van der Waals surface area contributed by atoms with Crippen molar-refractivity contribution in [1.82, 2.24) is 4.90 Å². The molecule has 2 nitrogen and oxygen atoms in total. The van der Waals surface area contributed by atoms with Gasteiger partial charge in [0.25, 0.3) is 0 Å². The van der Waals surface area contributed by atoms with Crippen molar-refractivity contribution in [3.63, 3.8) is 0 Å². The Kier molecular flexibility index (Phi) is 1.90. The quantitative estimate of drug-likeness (QED) is 0.570. The fourth-order valence-electron chi connectivity index (χ4n) is 2.29. The number of nitrogens with zero attached hydrogens (tertiary/aromatic N) is 1. The van der Waals surface area contributed by atoms with E-state index in [1.165, 1.54) is 19.3 Å². The monoisotopic (exact) mass is 155 g/mol. The summed E-state index contributed by atoms with van der Waals surface area (Å²) in [5.41, 5.74) is 0. The maximum absolute atomic E-state index is 5.68. The van der Waals surface area contributed by atoms with Gasteiger partial charge in [0.2, 0.25) is 0 Å². The molecule has 1 heterocycles. The first-order chi connectivity index (χ1) is 5.29. The molecule has 0 bridgehead atoms. The van der Waals surface area contributed by atoms with Gasteiger partial charge < -0.3 is 4.74 Å². The first-order valence-corrected chi connectivity index (χ1v) is 4.66. The van der Waals surface area contributed by atoms with Crippen LogP contribution < -0.4 is 0 Å². The molecule has 2 atom stereocenters. The topological polar surface area (TPSA) is 12.5 Å². The molecular weight excluding hydrogens is 138 g/mol. The van der Waals surface area contributed by atoms with E-state index in [0.29, 0.717) is 12.1 Å². The first-order valence-electron chi connectivity index (χ1n) is 4.66. The smallest absolute Gasteiger partial charge is 0.1000 e. The standard InChI is InChI=1S/C9H17NO/c1-7(2)10-6-11-9-5-3-4-8(9)10/h7-9H,3-6H2,1-2H3/t8?,9-/m1/s1. The zero-order chi connectivity index (χ0) is 7.84. The SMILES string of the molecule is CC(C)N1CO[C@@H]2CCCC21. The molecule has 1 aliphatic carbocycles. The van der Waals surface area contributed by atoms with Crippen LogP contribution in [0.3, 0.4) is 0 Å². The minimum absolute atomic E-state index is 0.567. The molecule has 0 radical (unpaired) electrons. The zero-order valence-corrected chi connectivity index (χ0v) is 7.42. The lowest BCUT2D eigenvalue weighted by molar-refractivity contribution is 0.0774. The van der Waals surface area contributed by atoms with Crippen LogP contribution in [0.4, 0.5) is 0 Å². The predicted octanol–water partition coefficient (Wildman–Crippen LogP) is 1.61. The Balaban J connectivity index is 2.03. The highest BCUT2D eigenvalue weighted by Gasteiger charge is 2.39. The van der Waals surface area contributed by atoms with Crippen LogP contribution in [0.1, 0.15) is 33.1 Å². The molecule has 2 rings (SSSR count). The Morgan fingerprint density at radius 1 is 1.36 bits per heavy atom. The van der Waals surface area contributed by atoms with Gasteiger partial charge in [-0.05, 0) is 33.1 Å². The maximum atomic E-state index is 5.68. The molecule has 1 aliphatic heterocycles. The van der Waals surface area contributed by atoms with Crippen LogP contribution in [-0.2, 0) is 4.74 Å². The highest BCUT2D eigenvalue weighted by molar-refractivity contribution is 4.90. The molecule has 0 N–H and O–H groups in total. The van der Waals surface area contributed by atoms with Crippen molar-refractivity contribution in [1.29, 1.82) is 0 Å². The first kappa shape index (κ1) is 7.56. The summed E-state index contributed by atoms with van der Waals surface area (Å²) in [5, 5.41) is 0. The molecule has 1 saturated carbocycles. The van der Waals surface area contributed by atoms with E-state index in [2.05, 4.69) is 18.7 Å². The van der Waals surface area contributed by atoms with E-state index in [0.717, 1.165) is 12.8 Å². The fourth-order valence-corrected chi connectivity index (χ4v) is 2.29. The Bertz CT molecular complexity index is 146. The van der Waals surface area contributed by atoms with Gasteiger partial charge in [-0.15, -0.1) is 0 Å². The second-order valence-electron chi connectivity index (χ2n) is 3.94. The molecular formula is C9H17NO. The summed E-state index contributed by atoms with van der Waals surface area (Å²) in [7, 11) is 0. The summed E-state index contributed by atoms with van der Waals surface area (Å²) < 4.78 is 5.68. The second-order valence-corrected chi connectivity index (χ2v) is 3.94. The second kappa shape index (κ2) is 2.76. The minimum Gasteiger partial charge on any atom is -0.361 e. The molecule has 2 heteroatoms. The number of ether oxygens (including phenoxy) is 1. The Labute approximate surface area is 68.5 Å². The van der Waals surface area contributed by atoms with Gasteiger partial charge in [0, 0.05) is 12.1 Å². The molecule has 2 aliphatic rings. The van der Waals surface area contributed by atoms with E-state index in [-0.39, 0.29) is 0 Å². The van der Waals surface area contributed by atoms with Gasteiger partial charge in [-0.3, -0.25) is 4.90 Å². The van der Waals surface area contributed by atoms with Crippen molar-refractivity contribution in [3.8, 4) is 0 Å². The lowest BCUT2D eigenvalue weighted by Crippen LogP contribution is -2.36. The molecule has 11 heavy (non-hydrogen) atoms. The van der Waals surface area contributed by atoms with Crippen LogP contribution >= 0.6 is 0 Å². The van der Waals surface area contributed by atoms with E-state index in [9.17, 15) is 0 Å². The zero-order valence-electron chi connectivity index (χ0n) is 7.42. The molecule has 0 aromatic rings. The Hall–Kier alpha value is -0.0800. The van der Waals surface area contributed by atoms with Crippen molar-refractivity contribution in [2.45, 2.75) is 51.3 Å². The average Bonchev–Trinajstić information content (AvgIpc) is 2.41. The Morgan fingerprint density at radius 2 is 2.18 bits per heavy atom. The number of hydrogen-bond acceptors (Lipinski definition) is 2. The van der Waals surface area contributed by atoms with E-state index in [1.807, 2.05) is 0 Å². The molecule has 0 amide bonds. The van der Waals surface area contributed by atoms with Crippen molar-refractivity contribution in [2.75, 3.05) is 6.73 Å². The highest BCUT2D eigenvalue weighted by atomic mass is 16.5. The van der Waals surface area contributed by atoms with Crippen LogP contribution in [0.15, 0.2) is 0 Å². The van der Waals surface area contributed by atoms with E-state index in [4.69, 9.17) is 4.74 Å². The Morgan fingerprint density at radius 3 is 2.91 bits per heavy atom. The molecule has 2 fully saturated rings. The molecule has 0 aromatic heterocycles. The summed E-state index contributed by atoms with van der Waals surface area (Å²) in [6.45, 7) is 5.38. The summed E-state index contributed by atoms with van der Waals surface area (Å²) in [4.78, 5) is 2.48. The molecule has 1 saturated heterocycles. The van der Waals surface area contributed by atoms with Crippen LogP contribution in [0.25, 0.3) is 0 Å². The number of hydrogen-bond donors (Lipinski definition) is 0. The molecule has 1 unspecified atom stereocenters. The summed E-state index contributed by atoms with van der Waals surface area (Å²) in [5.74, 6) is 0. The van der Waals surface area contributed by atoms with E-state index >= 15 is 0 Å². The fraction of sp³-hybridized carbons (Fsp3) is 1.00. The number of fused-ring (bicyclic) bond motifs is 1. The number of rotatable bonds is 1. The van der Waals surface area contributed by atoms with Gasteiger partial charge in [0.15, 0.2) is 0 Å². The van der Waals surface area contributed by atoms with Crippen LogP contribution in [0.5, 0.6) is 0 Å². The van der Waals surface area contributed by atoms with Gasteiger partial charge in [0.05, 0.1) is 12.8 Å². The van der Waals surface area contributed by atoms with Crippen LogP contribution in [-0.4, -0.2) is 29.8 Å². The van der Waals surface area contributed by atoms with Gasteiger partial charge >= 0.3 is 0 Å². The van der Waals surface area contributed by atoms with Gasteiger partial charge in [0.1, 0.15) is 0 Å². The lowest BCUT2D eigenvalue weighted by Gasteiger charge is -2.24. The predicted molar refractivity (Wildman–Crippen MR) is 44.4 cm³/mol. The van der Waals surface area contributed by atoms with Crippen molar-refractivity contribution in [2.24, 2.45) is 0 Å². The maximum Gasteiger partial charge on any atom is 0.1000 e. The largest absolute Gasteiger partial charge is 0.361 e. The molecule has 0 spiro atoms. The third-order valence-electron chi connectivity index (χ3n) is 2.94. The summed E-state index contributed by atoms with van der Waals surface area (Å²) in [6.07, 6.45) is 4.56. The van der Waals surface area contributed by atoms with Crippen LogP contribution in [0.2, 0.25) is 0 Å². The van der Waals surface area contributed by atoms with E-state index < -0.39 is 0 Å². The summed E-state index contributed by atoms with van der Waals surface area (Å²) >= 11 is 0. The van der Waals surface area contributed by atoms with Crippen molar-refractivity contribution < 1.29 is 4.74 Å². The molecule has 0 aromatic carbocycles. The third-order valence-corrected chi connectivity index (χ3v) is 2.94. The third kappa shape index (κ3) is 1.18. The summed E-state index contributed by atoms with van der Waals surface area (Å²) in [6, 6.07) is 1.40. The molecule has 64 valence electrons. The van der Waals surface area contributed by atoms with Crippen molar-refractivity contribution in [3.05, 3.63) is 0 Å². The van der Waals surface area contributed by atoms with Crippen molar-refractivity contribution >= 4 is 0 Å². The van der Waals surface area contributed by atoms with Gasteiger partial charge in [-0.2, -0.15) is 0 Å². The van der Waals surface area contributed by atoms with Crippen LogP contribution in [0, 0.1) is 0 Å². The highest BCUT2D eigenvalue weighted by Crippen LogP contribution is 2.32. The van der Waals surface area contributed by atoms with E-state index in [1.54, 1.807) is 0 Å². The average molecular weight is 155 g/mol. The van der Waals surface area contributed by atoms with Gasteiger partial charge in [-0.1, -0.05) is 0 Å². The minimum atomic E-state index is 0.567. The van der Waals surface area contributed by atoms with Gasteiger partial charge in [-0.25, -0.2) is 0 Å². The normalized spacial score (nSPS) is 38.5. The lowest BCUT2D eigenvalue weighted by atomic mass is 10.2.